The zero-order chi connectivity index (χ0) is 15.2. The van der Waals surface area contributed by atoms with Crippen LogP contribution in [0.25, 0.3) is 0 Å². The summed E-state index contributed by atoms with van der Waals surface area (Å²) in [6.07, 6.45) is 3.02. The van der Waals surface area contributed by atoms with Gasteiger partial charge in [0.1, 0.15) is 5.82 Å². The summed E-state index contributed by atoms with van der Waals surface area (Å²) in [5.41, 5.74) is 5.20. The number of hydrogen-bond donors (Lipinski definition) is 1. The van der Waals surface area contributed by atoms with Crippen LogP contribution in [0.5, 0.6) is 0 Å². The van der Waals surface area contributed by atoms with Crippen LogP contribution in [0.1, 0.15) is 25.1 Å². The number of nitrogens with two attached hydrogens (primary N) is 1. The molecule has 0 spiro atoms. The van der Waals surface area contributed by atoms with E-state index < -0.39 is 0 Å². The average Bonchev–Trinajstić information content (AvgIpc) is 3.05. The number of ether oxygens (including phenoxy) is 1. The van der Waals surface area contributed by atoms with Gasteiger partial charge in [-0.2, -0.15) is 0 Å². The topological polar surface area (TPSA) is 83.0 Å². The van der Waals surface area contributed by atoms with Crippen LogP contribution in [0.15, 0.2) is 16.8 Å². The molecular formula is C13H19ClN4O2S. The number of primary amides is 1. The largest absolute Gasteiger partial charge is 0.376 e. The number of halogens is 1. The second kappa shape index (κ2) is 7.82. The molecule has 1 aliphatic rings. The summed E-state index contributed by atoms with van der Waals surface area (Å²) in [6, 6.07) is 0. The highest BCUT2D eigenvalue weighted by Crippen LogP contribution is 2.23. The molecule has 1 aromatic rings. The summed E-state index contributed by atoms with van der Waals surface area (Å²) >= 11 is 7.28. The van der Waals surface area contributed by atoms with E-state index in [1.165, 1.54) is 11.8 Å². The number of carbonyl (C=O) groups excluding carboxylic acids is 1. The van der Waals surface area contributed by atoms with Gasteiger partial charge in [-0.05, 0) is 12.8 Å². The van der Waals surface area contributed by atoms with Gasteiger partial charge < -0.3 is 15.0 Å². The van der Waals surface area contributed by atoms with Crippen molar-refractivity contribution in [3.8, 4) is 0 Å². The van der Waals surface area contributed by atoms with E-state index in [0.29, 0.717) is 23.8 Å². The molecular weight excluding hydrogens is 312 g/mol. The molecule has 2 heterocycles. The van der Waals surface area contributed by atoms with Crippen LogP contribution in [0, 0.1) is 0 Å². The van der Waals surface area contributed by atoms with E-state index in [0.717, 1.165) is 30.4 Å². The summed E-state index contributed by atoms with van der Waals surface area (Å²) in [6.45, 7) is 5.16. The highest BCUT2D eigenvalue weighted by atomic mass is 35.5. The Labute approximate surface area is 133 Å². The minimum absolute atomic E-state index is 0.173. The maximum Gasteiger partial charge on any atom is 0.217 e. The zero-order valence-electron chi connectivity index (χ0n) is 11.8. The molecule has 21 heavy (non-hydrogen) atoms. The number of carbonyl (C=O) groups is 1. The van der Waals surface area contributed by atoms with Crippen molar-refractivity contribution in [2.75, 3.05) is 12.4 Å². The smallest absolute Gasteiger partial charge is 0.217 e. The zero-order valence-corrected chi connectivity index (χ0v) is 13.3. The molecule has 1 amide bonds. The molecule has 0 aromatic carbocycles. The molecule has 0 aliphatic carbocycles. The van der Waals surface area contributed by atoms with E-state index in [-0.39, 0.29) is 18.4 Å². The molecule has 1 aromatic heterocycles. The molecule has 8 heteroatoms. The van der Waals surface area contributed by atoms with Crippen molar-refractivity contribution >= 4 is 29.3 Å². The molecule has 1 atom stereocenters. The van der Waals surface area contributed by atoms with Crippen LogP contribution < -0.4 is 5.73 Å². The SMILES string of the molecule is C=C(Cl)CSc1nnc(CCC(N)=O)n1CC1CCCO1. The first-order valence-electron chi connectivity index (χ1n) is 6.84. The number of aromatic nitrogens is 3. The first-order valence-corrected chi connectivity index (χ1v) is 8.20. The number of aryl methyl sites for hydroxylation is 1. The van der Waals surface area contributed by atoms with Crippen LogP contribution in [0.4, 0.5) is 0 Å². The molecule has 1 unspecified atom stereocenters. The van der Waals surface area contributed by atoms with E-state index >= 15 is 0 Å². The Kier molecular flexibility index (Phi) is 6.08. The van der Waals surface area contributed by atoms with Crippen LogP contribution in [-0.4, -0.2) is 39.1 Å². The molecule has 1 fully saturated rings. The lowest BCUT2D eigenvalue weighted by molar-refractivity contribution is -0.118. The van der Waals surface area contributed by atoms with Crippen molar-refractivity contribution in [2.24, 2.45) is 5.73 Å². The predicted molar refractivity (Wildman–Crippen MR) is 82.2 cm³/mol. The number of hydrogen-bond acceptors (Lipinski definition) is 5. The summed E-state index contributed by atoms with van der Waals surface area (Å²) in [7, 11) is 0. The maximum absolute atomic E-state index is 11.0. The monoisotopic (exact) mass is 330 g/mol. The molecule has 1 saturated heterocycles. The minimum atomic E-state index is -0.343. The van der Waals surface area contributed by atoms with Crippen molar-refractivity contribution in [3.63, 3.8) is 0 Å². The van der Waals surface area contributed by atoms with Crippen LogP contribution in [0.3, 0.4) is 0 Å². The van der Waals surface area contributed by atoms with Crippen molar-refractivity contribution in [3.05, 3.63) is 17.4 Å². The van der Waals surface area contributed by atoms with E-state index in [2.05, 4.69) is 16.8 Å². The Morgan fingerprint density at radius 3 is 3.00 bits per heavy atom. The van der Waals surface area contributed by atoms with Gasteiger partial charge in [-0.1, -0.05) is 29.9 Å². The number of nitrogens with zero attached hydrogens (tertiary/aromatic N) is 3. The molecule has 1 aliphatic heterocycles. The van der Waals surface area contributed by atoms with Crippen LogP contribution in [-0.2, 0) is 22.5 Å². The lowest BCUT2D eigenvalue weighted by Gasteiger charge is -2.14. The quantitative estimate of drug-likeness (QED) is 0.734. The molecule has 0 radical (unpaired) electrons. The Hall–Kier alpha value is -1.05. The Balaban J connectivity index is 2.10. The van der Waals surface area contributed by atoms with E-state index in [4.69, 9.17) is 22.1 Å². The third kappa shape index (κ3) is 5.01. The van der Waals surface area contributed by atoms with Gasteiger partial charge in [-0.25, -0.2) is 0 Å². The number of rotatable bonds is 8. The maximum atomic E-state index is 11.0. The summed E-state index contributed by atoms with van der Waals surface area (Å²) in [4.78, 5) is 11.0. The van der Waals surface area contributed by atoms with E-state index in [1.807, 2.05) is 4.57 Å². The normalized spacial score (nSPS) is 18.0. The fourth-order valence-electron chi connectivity index (χ4n) is 2.16. The third-order valence-corrected chi connectivity index (χ3v) is 4.50. The lowest BCUT2D eigenvalue weighted by atomic mass is 10.2. The van der Waals surface area contributed by atoms with Crippen molar-refractivity contribution in [2.45, 2.75) is 43.5 Å². The Bertz CT molecular complexity index is 479. The molecule has 2 rings (SSSR count). The molecule has 6 nitrogen and oxygen atoms in total. The first kappa shape index (κ1) is 16.3. The second-order valence-electron chi connectivity index (χ2n) is 4.92. The minimum Gasteiger partial charge on any atom is -0.376 e. The highest BCUT2D eigenvalue weighted by Gasteiger charge is 2.21. The van der Waals surface area contributed by atoms with Crippen LogP contribution >= 0.6 is 23.4 Å². The summed E-state index contributed by atoms with van der Waals surface area (Å²) in [5.74, 6) is 0.984. The van der Waals surface area contributed by atoms with E-state index in [9.17, 15) is 4.79 Å². The van der Waals surface area contributed by atoms with Crippen molar-refractivity contribution < 1.29 is 9.53 Å². The summed E-state index contributed by atoms with van der Waals surface area (Å²) in [5, 5.41) is 9.67. The number of amides is 1. The third-order valence-electron chi connectivity index (χ3n) is 3.16. The number of thioether (sulfide) groups is 1. The lowest BCUT2D eigenvalue weighted by Crippen LogP contribution is -2.19. The van der Waals surface area contributed by atoms with Gasteiger partial charge in [0.05, 0.1) is 12.6 Å². The van der Waals surface area contributed by atoms with Crippen LogP contribution in [0.2, 0.25) is 0 Å². The average molecular weight is 331 g/mol. The van der Waals surface area contributed by atoms with Crippen molar-refractivity contribution in [1.82, 2.24) is 14.8 Å². The molecule has 0 saturated carbocycles. The Morgan fingerprint density at radius 2 is 2.38 bits per heavy atom. The van der Waals surface area contributed by atoms with E-state index in [1.54, 1.807) is 0 Å². The molecule has 2 N–H and O–H groups in total. The standard InChI is InChI=1S/C13H19ClN4O2S/c1-9(14)8-21-13-17-16-12(5-4-11(15)19)18(13)7-10-3-2-6-20-10/h10H,1-8H2,(H2,15,19). The van der Waals surface area contributed by atoms with Gasteiger partial charge >= 0.3 is 0 Å². The summed E-state index contributed by atoms with van der Waals surface area (Å²) < 4.78 is 7.67. The first-order chi connectivity index (χ1) is 10.1. The Morgan fingerprint density at radius 1 is 1.57 bits per heavy atom. The van der Waals surface area contributed by atoms with Gasteiger partial charge in [-0.3, -0.25) is 4.79 Å². The fraction of sp³-hybridized carbons (Fsp3) is 0.615. The highest BCUT2D eigenvalue weighted by molar-refractivity contribution is 7.99. The molecule has 0 bridgehead atoms. The van der Waals surface area contributed by atoms with Gasteiger partial charge in [0, 0.05) is 30.2 Å². The van der Waals surface area contributed by atoms with Crippen molar-refractivity contribution in [1.29, 1.82) is 0 Å². The second-order valence-corrected chi connectivity index (χ2v) is 6.39. The predicted octanol–water partition coefficient (Wildman–Crippen LogP) is 1.72. The van der Waals surface area contributed by atoms with Gasteiger partial charge in [0.25, 0.3) is 0 Å². The van der Waals surface area contributed by atoms with Gasteiger partial charge in [0.15, 0.2) is 5.16 Å². The molecule has 116 valence electrons. The fourth-order valence-corrected chi connectivity index (χ4v) is 3.05. The van der Waals surface area contributed by atoms with Gasteiger partial charge in [-0.15, -0.1) is 10.2 Å². The van der Waals surface area contributed by atoms with Gasteiger partial charge in [0.2, 0.25) is 5.91 Å².